The van der Waals surface area contributed by atoms with E-state index in [1.807, 2.05) is 0 Å². The highest BCUT2D eigenvalue weighted by Crippen LogP contribution is 2.15. The van der Waals surface area contributed by atoms with Gasteiger partial charge in [0.2, 0.25) is 20.7 Å². The van der Waals surface area contributed by atoms with E-state index in [1.165, 1.54) is 0 Å². The van der Waals surface area contributed by atoms with Crippen LogP contribution >= 0.6 is 8.46 Å². The van der Waals surface area contributed by atoms with Crippen LogP contribution < -0.4 is 0 Å². The molecule has 0 aromatic rings. The molecule has 0 rings (SSSR count). The molecule has 3 atom stereocenters. The van der Waals surface area contributed by atoms with Crippen molar-refractivity contribution in [3.05, 3.63) is 0 Å². The first-order chi connectivity index (χ1) is 10.1. The number of carbonyl (C=O) groups excluding carboxylic acids is 4. The number of ether oxygens (including phenoxy) is 3. The van der Waals surface area contributed by atoms with Crippen LogP contribution in [0.15, 0.2) is 0 Å². The molecule has 11 heteroatoms. The van der Waals surface area contributed by atoms with Crippen molar-refractivity contribution in [3.63, 3.8) is 0 Å². The molecule has 10 nitrogen and oxygen atoms in total. The first kappa shape index (κ1) is 19.7. The quantitative estimate of drug-likeness (QED) is 0.355. The highest BCUT2D eigenvalue weighted by atomic mass is 31.1. The molecule has 0 heterocycles. The third-order valence-corrected chi connectivity index (χ3v) is 2.50. The zero-order valence-corrected chi connectivity index (χ0v) is 12.7. The number of hydrogen-bond acceptors (Lipinski definition) is 9. The molecule has 0 amide bonds. The minimum absolute atomic E-state index is 0.894. The zero-order valence-electron chi connectivity index (χ0n) is 11.8. The van der Waals surface area contributed by atoms with Crippen LogP contribution in [-0.4, -0.2) is 52.8 Å². The van der Waals surface area contributed by atoms with Gasteiger partial charge in [-0.25, -0.2) is 9.59 Å². The van der Waals surface area contributed by atoms with Gasteiger partial charge in [0.1, 0.15) is 0 Å². The topological polar surface area (TPSA) is 150 Å². The molecule has 0 radical (unpaired) electrons. The molecule has 0 spiro atoms. The van der Waals surface area contributed by atoms with Crippen molar-refractivity contribution in [2.45, 2.75) is 39.1 Å². The van der Waals surface area contributed by atoms with E-state index in [2.05, 4.69) is 14.2 Å². The maximum absolute atomic E-state index is 11.8. The van der Waals surface area contributed by atoms with E-state index in [1.54, 1.807) is 0 Å². The first-order valence-electron chi connectivity index (χ1n) is 5.75. The minimum atomic E-state index is -2.07. The monoisotopic (exact) mass is 336 g/mol. The summed E-state index contributed by atoms with van der Waals surface area (Å²) in [6.45, 7) is 2.81. The van der Waals surface area contributed by atoms with Gasteiger partial charge in [0.25, 0.3) is 5.52 Å². The average Bonchev–Trinajstić information content (AvgIpc) is 2.40. The lowest BCUT2D eigenvalue weighted by Crippen LogP contribution is -2.46. The van der Waals surface area contributed by atoms with E-state index in [4.69, 9.17) is 5.11 Å². The average molecular weight is 336 g/mol. The molecule has 0 aliphatic heterocycles. The van der Waals surface area contributed by atoms with Crippen molar-refractivity contribution in [1.82, 2.24) is 0 Å². The molecule has 0 bridgehead atoms. The normalized spacial score (nSPS) is 14.3. The summed E-state index contributed by atoms with van der Waals surface area (Å²) in [5.74, 6) is -4.98. The van der Waals surface area contributed by atoms with Gasteiger partial charge in [-0.15, -0.1) is 0 Å². The molecular weight excluding hydrogens is 323 g/mol. The molecule has 122 valence electrons. The van der Waals surface area contributed by atoms with Gasteiger partial charge in [0.05, 0.1) is 0 Å². The summed E-state index contributed by atoms with van der Waals surface area (Å²) in [6.07, 6.45) is -5.70. The number of rotatable bonds is 8. The van der Waals surface area contributed by atoms with Crippen molar-refractivity contribution >= 4 is 37.9 Å². The Morgan fingerprint density at radius 2 is 1.36 bits per heavy atom. The maximum atomic E-state index is 11.8. The third kappa shape index (κ3) is 6.40. The summed E-state index contributed by atoms with van der Waals surface area (Å²) >= 11 is 0. The van der Waals surface area contributed by atoms with Crippen LogP contribution in [0.5, 0.6) is 0 Å². The Kier molecular flexibility index (Phi) is 7.89. The Hall–Kier alpha value is -2.35. The van der Waals surface area contributed by atoms with Crippen LogP contribution in [0, 0.1) is 0 Å². The van der Waals surface area contributed by atoms with Crippen LogP contribution in [0.3, 0.4) is 0 Å². The molecule has 0 saturated heterocycles. The Morgan fingerprint density at radius 1 is 0.909 bits per heavy atom. The van der Waals surface area contributed by atoms with Gasteiger partial charge in [0, 0.05) is 13.8 Å². The number of carboxylic acid groups (broad SMARTS) is 1. The van der Waals surface area contributed by atoms with E-state index in [0.717, 1.165) is 20.8 Å². The lowest BCUT2D eigenvalue weighted by molar-refractivity contribution is -0.186. The summed E-state index contributed by atoms with van der Waals surface area (Å²) < 4.78 is 24.1. The van der Waals surface area contributed by atoms with E-state index < -0.39 is 56.2 Å². The number of aliphatic carboxylic acids is 1. The van der Waals surface area contributed by atoms with Gasteiger partial charge < -0.3 is 19.3 Å². The predicted octanol–water partition coefficient (Wildman–Crippen LogP) is -0.316. The Balaban J connectivity index is 5.43. The standard InChI is InChI=1S/C11H13O10P/c1-4(9(14)15)19-10(16)7(20-5(2)12)8(11(17)22-18)21-6(3)13/h4,7-8H,1-3H3,(H,14,15)/t4-,7+,8+/m0/s1. The molecule has 0 aliphatic carbocycles. The summed E-state index contributed by atoms with van der Waals surface area (Å²) in [6, 6.07) is 0. The Bertz CT molecular complexity index is 499. The van der Waals surface area contributed by atoms with Gasteiger partial charge in [-0.3, -0.25) is 18.9 Å². The second-order valence-corrected chi connectivity index (χ2v) is 4.53. The second kappa shape index (κ2) is 8.83. The lowest BCUT2D eigenvalue weighted by atomic mass is 10.2. The van der Waals surface area contributed by atoms with E-state index in [-0.39, 0.29) is 0 Å². The number of carboxylic acids is 1. The lowest BCUT2D eigenvalue weighted by Gasteiger charge is -2.22. The minimum Gasteiger partial charge on any atom is -0.479 e. The molecule has 0 unspecified atom stereocenters. The Labute approximate surface area is 125 Å². The van der Waals surface area contributed by atoms with E-state index >= 15 is 0 Å². The number of esters is 3. The molecule has 0 saturated carbocycles. The molecule has 0 aromatic heterocycles. The first-order valence-corrected chi connectivity index (χ1v) is 6.56. The van der Waals surface area contributed by atoms with Crippen LogP contribution in [0.25, 0.3) is 0 Å². The van der Waals surface area contributed by atoms with Crippen molar-refractivity contribution in [2.75, 3.05) is 0 Å². The van der Waals surface area contributed by atoms with Gasteiger partial charge in [0.15, 0.2) is 6.10 Å². The summed E-state index contributed by atoms with van der Waals surface area (Å²) in [7, 11) is -1.10. The maximum Gasteiger partial charge on any atom is 0.352 e. The molecule has 0 fully saturated rings. The van der Waals surface area contributed by atoms with Gasteiger partial charge in [-0.1, -0.05) is 0 Å². The SMILES string of the molecule is CC(=O)O[C@@H](C(=O)O[C@@H](C)C(=O)O)[C@@H](OC(C)=O)C(=O)P=O. The van der Waals surface area contributed by atoms with Crippen LogP contribution in [0.2, 0.25) is 0 Å². The van der Waals surface area contributed by atoms with Crippen LogP contribution in [-0.2, 0) is 42.7 Å². The van der Waals surface area contributed by atoms with Crippen LogP contribution in [0.1, 0.15) is 20.8 Å². The fourth-order valence-electron chi connectivity index (χ4n) is 1.18. The summed E-state index contributed by atoms with van der Waals surface area (Å²) in [5.41, 5.74) is -1.26. The fraction of sp³-hybridized carbons (Fsp3) is 0.545. The summed E-state index contributed by atoms with van der Waals surface area (Å²) in [4.78, 5) is 55.9. The Morgan fingerprint density at radius 3 is 1.73 bits per heavy atom. The third-order valence-electron chi connectivity index (χ3n) is 2.07. The number of hydrogen-bond donors (Lipinski definition) is 1. The van der Waals surface area contributed by atoms with Crippen molar-refractivity contribution in [1.29, 1.82) is 0 Å². The largest absolute Gasteiger partial charge is 0.479 e. The van der Waals surface area contributed by atoms with Gasteiger partial charge >= 0.3 is 23.9 Å². The van der Waals surface area contributed by atoms with E-state index in [9.17, 15) is 28.5 Å². The zero-order chi connectivity index (χ0) is 17.4. The van der Waals surface area contributed by atoms with Crippen molar-refractivity contribution in [2.24, 2.45) is 0 Å². The molecule has 1 N–H and O–H groups in total. The highest BCUT2D eigenvalue weighted by molar-refractivity contribution is 7.46. The van der Waals surface area contributed by atoms with E-state index in [0.29, 0.717) is 0 Å². The van der Waals surface area contributed by atoms with Crippen LogP contribution in [0.4, 0.5) is 0 Å². The fourth-order valence-corrected chi connectivity index (χ4v) is 1.47. The highest BCUT2D eigenvalue weighted by Gasteiger charge is 2.41. The van der Waals surface area contributed by atoms with Crippen molar-refractivity contribution in [3.8, 4) is 0 Å². The molecular formula is C11H13O10P. The molecule has 22 heavy (non-hydrogen) atoms. The predicted molar refractivity (Wildman–Crippen MR) is 66.9 cm³/mol. The molecule has 0 aromatic carbocycles. The smallest absolute Gasteiger partial charge is 0.352 e. The van der Waals surface area contributed by atoms with Gasteiger partial charge in [-0.05, 0) is 6.92 Å². The summed E-state index contributed by atoms with van der Waals surface area (Å²) in [5, 5.41) is 8.65. The van der Waals surface area contributed by atoms with Crippen molar-refractivity contribution < 1.29 is 47.9 Å². The number of carbonyl (C=O) groups is 5. The molecule has 0 aliphatic rings. The van der Waals surface area contributed by atoms with Gasteiger partial charge in [-0.2, -0.15) is 0 Å². The second-order valence-electron chi connectivity index (χ2n) is 3.91.